The summed E-state index contributed by atoms with van der Waals surface area (Å²) >= 11 is 0. The predicted molar refractivity (Wildman–Crippen MR) is 73.2 cm³/mol. The molecule has 1 fully saturated rings. The SMILES string of the molecule is CC(NC(=O)N1CCCCC1C(=O)O)c1cccnc1. The largest absolute Gasteiger partial charge is 0.480 e. The lowest BCUT2D eigenvalue weighted by atomic mass is 10.0. The summed E-state index contributed by atoms with van der Waals surface area (Å²) in [6, 6.07) is 2.44. The van der Waals surface area contributed by atoms with Crippen LogP contribution in [0.15, 0.2) is 24.5 Å². The highest BCUT2D eigenvalue weighted by atomic mass is 16.4. The third-order valence-corrected chi connectivity index (χ3v) is 3.57. The number of carbonyl (C=O) groups excluding carboxylic acids is 1. The number of nitrogens with zero attached hydrogens (tertiary/aromatic N) is 2. The summed E-state index contributed by atoms with van der Waals surface area (Å²) in [6.45, 7) is 2.34. The molecule has 1 aromatic rings. The molecule has 20 heavy (non-hydrogen) atoms. The summed E-state index contributed by atoms with van der Waals surface area (Å²) in [5, 5.41) is 12.0. The number of pyridine rings is 1. The van der Waals surface area contributed by atoms with Crippen molar-refractivity contribution in [2.45, 2.75) is 38.3 Å². The molecule has 2 rings (SSSR count). The Bertz CT molecular complexity index is 478. The Labute approximate surface area is 117 Å². The van der Waals surface area contributed by atoms with Crippen molar-refractivity contribution in [3.8, 4) is 0 Å². The van der Waals surface area contributed by atoms with Gasteiger partial charge in [-0.15, -0.1) is 0 Å². The average Bonchev–Trinajstić information content (AvgIpc) is 2.48. The van der Waals surface area contributed by atoms with Crippen LogP contribution in [0, 0.1) is 0 Å². The van der Waals surface area contributed by atoms with E-state index in [-0.39, 0.29) is 12.1 Å². The molecule has 0 bridgehead atoms. The van der Waals surface area contributed by atoms with Crippen molar-refractivity contribution in [2.24, 2.45) is 0 Å². The summed E-state index contributed by atoms with van der Waals surface area (Å²) < 4.78 is 0. The van der Waals surface area contributed by atoms with Gasteiger partial charge < -0.3 is 15.3 Å². The van der Waals surface area contributed by atoms with Gasteiger partial charge in [-0.25, -0.2) is 9.59 Å². The van der Waals surface area contributed by atoms with Crippen LogP contribution in [-0.4, -0.2) is 39.6 Å². The summed E-state index contributed by atoms with van der Waals surface area (Å²) in [6.07, 6.45) is 5.57. The highest BCUT2D eigenvalue weighted by Gasteiger charge is 2.32. The van der Waals surface area contributed by atoms with Crippen molar-refractivity contribution in [1.29, 1.82) is 0 Å². The molecule has 1 saturated heterocycles. The number of urea groups is 1. The summed E-state index contributed by atoms with van der Waals surface area (Å²) in [5.74, 6) is -0.936. The van der Waals surface area contributed by atoms with Gasteiger partial charge in [0.1, 0.15) is 6.04 Å². The molecule has 0 aromatic carbocycles. The fourth-order valence-electron chi connectivity index (χ4n) is 2.41. The molecule has 1 aliphatic heterocycles. The van der Waals surface area contributed by atoms with E-state index in [0.29, 0.717) is 13.0 Å². The molecular weight excluding hydrogens is 258 g/mol. The Morgan fingerprint density at radius 2 is 2.30 bits per heavy atom. The lowest BCUT2D eigenvalue weighted by Crippen LogP contribution is -2.52. The first kappa shape index (κ1) is 14.3. The second-order valence-corrected chi connectivity index (χ2v) is 5.00. The maximum Gasteiger partial charge on any atom is 0.326 e. The Morgan fingerprint density at radius 3 is 2.95 bits per heavy atom. The summed E-state index contributed by atoms with van der Waals surface area (Å²) in [5.41, 5.74) is 0.893. The first-order valence-corrected chi connectivity index (χ1v) is 6.79. The Morgan fingerprint density at radius 1 is 1.50 bits per heavy atom. The van der Waals surface area contributed by atoms with Gasteiger partial charge in [0.2, 0.25) is 0 Å². The Balaban J connectivity index is 2.01. The van der Waals surface area contributed by atoms with Crippen LogP contribution < -0.4 is 5.32 Å². The molecule has 1 aromatic heterocycles. The van der Waals surface area contributed by atoms with Crippen LogP contribution in [0.1, 0.15) is 37.8 Å². The summed E-state index contributed by atoms with van der Waals surface area (Å²) in [4.78, 5) is 28.8. The smallest absolute Gasteiger partial charge is 0.326 e. The van der Waals surface area contributed by atoms with Gasteiger partial charge in [-0.05, 0) is 37.8 Å². The van der Waals surface area contributed by atoms with Crippen LogP contribution >= 0.6 is 0 Å². The van der Waals surface area contributed by atoms with E-state index >= 15 is 0 Å². The Hall–Kier alpha value is -2.11. The van der Waals surface area contributed by atoms with Gasteiger partial charge in [-0.1, -0.05) is 6.07 Å². The molecule has 2 heterocycles. The third kappa shape index (κ3) is 3.26. The van der Waals surface area contributed by atoms with E-state index in [1.54, 1.807) is 18.5 Å². The number of nitrogens with one attached hydrogen (secondary N) is 1. The van der Waals surface area contributed by atoms with Gasteiger partial charge in [-0.2, -0.15) is 0 Å². The van der Waals surface area contributed by atoms with Gasteiger partial charge >= 0.3 is 12.0 Å². The molecule has 2 atom stereocenters. The second-order valence-electron chi connectivity index (χ2n) is 5.00. The zero-order chi connectivity index (χ0) is 14.5. The number of carboxylic acid groups (broad SMARTS) is 1. The quantitative estimate of drug-likeness (QED) is 0.882. The summed E-state index contributed by atoms with van der Waals surface area (Å²) in [7, 11) is 0. The monoisotopic (exact) mass is 277 g/mol. The van der Waals surface area contributed by atoms with Crippen LogP contribution in [0.2, 0.25) is 0 Å². The highest BCUT2D eigenvalue weighted by Crippen LogP contribution is 2.18. The fourth-order valence-corrected chi connectivity index (χ4v) is 2.41. The Kier molecular flexibility index (Phi) is 4.55. The standard InChI is InChI=1S/C14H19N3O3/c1-10(11-5-4-7-15-9-11)16-14(20)17-8-3-2-6-12(17)13(18)19/h4-5,7,9-10,12H,2-3,6,8H2,1H3,(H,16,20)(H,18,19). The average molecular weight is 277 g/mol. The van der Waals surface area contributed by atoms with Crippen molar-refractivity contribution in [1.82, 2.24) is 15.2 Å². The first-order valence-electron chi connectivity index (χ1n) is 6.79. The van der Waals surface area contributed by atoms with Crippen LogP contribution in [0.3, 0.4) is 0 Å². The minimum atomic E-state index is -0.936. The van der Waals surface area contributed by atoms with Crippen molar-refractivity contribution in [3.05, 3.63) is 30.1 Å². The number of carboxylic acids is 1. The predicted octanol–water partition coefficient (Wildman–Crippen LogP) is 1.79. The number of carbonyl (C=O) groups is 2. The molecule has 6 heteroatoms. The maximum absolute atomic E-state index is 12.2. The first-order chi connectivity index (χ1) is 9.59. The van der Waals surface area contributed by atoms with Crippen LogP contribution in [0.5, 0.6) is 0 Å². The molecule has 2 N–H and O–H groups in total. The van der Waals surface area contributed by atoms with Gasteiger partial charge in [0.25, 0.3) is 0 Å². The van der Waals surface area contributed by atoms with E-state index in [9.17, 15) is 14.7 Å². The third-order valence-electron chi connectivity index (χ3n) is 3.57. The molecule has 6 nitrogen and oxygen atoms in total. The second kappa shape index (κ2) is 6.36. The van der Waals surface area contributed by atoms with Crippen molar-refractivity contribution >= 4 is 12.0 Å². The topological polar surface area (TPSA) is 82.5 Å². The van der Waals surface area contributed by atoms with Gasteiger partial charge in [0, 0.05) is 18.9 Å². The van der Waals surface area contributed by atoms with Crippen molar-refractivity contribution < 1.29 is 14.7 Å². The van der Waals surface area contributed by atoms with E-state index in [0.717, 1.165) is 18.4 Å². The van der Waals surface area contributed by atoms with Crippen LogP contribution in [-0.2, 0) is 4.79 Å². The number of rotatable bonds is 3. The number of hydrogen-bond donors (Lipinski definition) is 2. The molecule has 0 aliphatic carbocycles. The molecule has 2 unspecified atom stereocenters. The van der Waals surface area contributed by atoms with Crippen LogP contribution in [0.25, 0.3) is 0 Å². The molecule has 0 radical (unpaired) electrons. The number of aromatic nitrogens is 1. The molecule has 0 spiro atoms. The number of hydrogen-bond acceptors (Lipinski definition) is 3. The van der Waals surface area contributed by atoms with E-state index in [1.807, 2.05) is 13.0 Å². The van der Waals surface area contributed by atoms with E-state index < -0.39 is 12.0 Å². The van der Waals surface area contributed by atoms with E-state index in [2.05, 4.69) is 10.3 Å². The molecule has 2 amide bonds. The number of aliphatic carboxylic acids is 1. The highest BCUT2D eigenvalue weighted by molar-refractivity contribution is 5.83. The van der Waals surface area contributed by atoms with E-state index in [4.69, 9.17) is 0 Å². The number of amides is 2. The van der Waals surface area contributed by atoms with Crippen LogP contribution in [0.4, 0.5) is 4.79 Å². The normalized spacial score (nSPS) is 20.2. The van der Waals surface area contributed by atoms with Gasteiger partial charge in [0.05, 0.1) is 6.04 Å². The molecular formula is C14H19N3O3. The lowest BCUT2D eigenvalue weighted by Gasteiger charge is -2.33. The maximum atomic E-state index is 12.2. The van der Waals surface area contributed by atoms with Crippen molar-refractivity contribution in [3.63, 3.8) is 0 Å². The van der Waals surface area contributed by atoms with Gasteiger partial charge in [0.15, 0.2) is 0 Å². The zero-order valence-electron chi connectivity index (χ0n) is 11.5. The lowest BCUT2D eigenvalue weighted by molar-refractivity contribution is -0.143. The molecule has 0 saturated carbocycles. The minimum Gasteiger partial charge on any atom is -0.480 e. The van der Waals surface area contributed by atoms with E-state index in [1.165, 1.54) is 4.90 Å². The molecule has 108 valence electrons. The molecule has 1 aliphatic rings. The number of likely N-dealkylation sites (tertiary alicyclic amines) is 1. The fraction of sp³-hybridized carbons (Fsp3) is 0.500. The van der Waals surface area contributed by atoms with Crippen molar-refractivity contribution in [2.75, 3.05) is 6.54 Å². The van der Waals surface area contributed by atoms with Gasteiger partial charge in [-0.3, -0.25) is 4.98 Å². The minimum absolute atomic E-state index is 0.201. The number of piperidine rings is 1. The zero-order valence-corrected chi connectivity index (χ0v) is 11.5.